The van der Waals surface area contributed by atoms with Crippen LogP contribution in [-0.4, -0.2) is 17.9 Å². The average molecular weight is 359 g/mol. The molecule has 0 unspecified atom stereocenters. The van der Waals surface area contributed by atoms with Crippen molar-refractivity contribution in [2.24, 2.45) is 0 Å². The zero-order valence-electron chi connectivity index (χ0n) is 14.7. The summed E-state index contributed by atoms with van der Waals surface area (Å²) in [6, 6.07) is 14.5. The first-order chi connectivity index (χ1) is 11.9. The summed E-state index contributed by atoms with van der Waals surface area (Å²) in [6.07, 6.45) is 0.828. The van der Waals surface area contributed by atoms with E-state index in [2.05, 4.69) is 10.6 Å². The number of anilines is 1. The molecule has 0 saturated carbocycles. The van der Waals surface area contributed by atoms with E-state index in [4.69, 9.17) is 11.6 Å². The number of amides is 2. The van der Waals surface area contributed by atoms with E-state index in [0.29, 0.717) is 16.3 Å². The number of rotatable bonds is 6. The maximum Gasteiger partial charge on any atom is 0.253 e. The van der Waals surface area contributed by atoms with Gasteiger partial charge in [0.1, 0.15) is 0 Å². The summed E-state index contributed by atoms with van der Waals surface area (Å²) in [5.41, 5.74) is 1.84. The molecule has 4 nitrogen and oxygen atoms in total. The van der Waals surface area contributed by atoms with E-state index in [0.717, 1.165) is 12.0 Å². The number of nitrogens with one attached hydrogen (secondary N) is 2. The predicted molar refractivity (Wildman–Crippen MR) is 102 cm³/mol. The van der Waals surface area contributed by atoms with Gasteiger partial charge in [-0.15, -0.1) is 0 Å². The van der Waals surface area contributed by atoms with Gasteiger partial charge < -0.3 is 10.6 Å². The Hall–Kier alpha value is -2.33. The number of benzene rings is 2. The Kier molecular flexibility index (Phi) is 6.59. The summed E-state index contributed by atoms with van der Waals surface area (Å²) in [5, 5.41) is 6.09. The minimum Gasteiger partial charge on any atom is -0.350 e. The molecule has 0 bridgehead atoms. The molecule has 5 heteroatoms. The molecular formula is C20H23ClN2O2. The van der Waals surface area contributed by atoms with Crippen molar-refractivity contribution in [3.8, 4) is 0 Å². The fourth-order valence-corrected chi connectivity index (χ4v) is 2.53. The Morgan fingerprint density at radius 2 is 1.76 bits per heavy atom. The number of hydrogen-bond donors (Lipinski definition) is 2. The monoisotopic (exact) mass is 358 g/mol. The number of hydrogen-bond acceptors (Lipinski definition) is 2. The van der Waals surface area contributed by atoms with E-state index in [-0.39, 0.29) is 23.8 Å². The van der Waals surface area contributed by atoms with Crippen LogP contribution in [0.2, 0.25) is 5.02 Å². The second-order valence-corrected chi connectivity index (χ2v) is 6.51. The lowest BCUT2D eigenvalue weighted by molar-refractivity contribution is -0.117. The van der Waals surface area contributed by atoms with Crippen molar-refractivity contribution < 1.29 is 9.59 Å². The maximum atomic E-state index is 12.5. The lowest BCUT2D eigenvalue weighted by Crippen LogP contribution is -2.32. The lowest BCUT2D eigenvalue weighted by atomic mass is 10.0. The topological polar surface area (TPSA) is 58.2 Å². The standard InChI is InChI=1S/C20H23ClN2O2/c1-4-13(2)22-20(25)17-12-16(10-11-18(17)21)23-19(24)14(3)15-8-6-5-7-9-15/h5-14H,4H2,1-3H3,(H,22,25)(H,23,24)/t13-,14-/m0/s1. The third-order valence-electron chi connectivity index (χ3n) is 4.16. The predicted octanol–water partition coefficient (Wildman–Crippen LogP) is 4.61. The molecule has 25 heavy (non-hydrogen) atoms. The van der Waals surface area contributed by atoms with Crippen molar-refractivity contribution in [2.75, 3.05) is 5.32 Å². The molecule has 2 aromatic carbocycles. The largest absolute Gasteiger partial charge is 0.350 e. The van der Waals surface area contributed by atoms with Crippen LogP contribution in [0.1, 0.15) is 49.0 Å². The van der Waals surface area contributed by atoms with Crippen LogP contribution in [0.15, 0.2) is 48.5 Å². The summed E-state index contributed by atoms with van der Waals surface area (Å²) < 4.78 is 0. The molecule has 132 valence electrons. The maximum absolute atomic E-state index is 12.5. The molecule has 2 aromatic rings. The van der Waals surface area contributed by atoms with Gasteiger partial charge in [-0.1, -0.05) is 48.9 Å². The average Bonchev–Trinajstić information content (AvgIpc) is 2.63. The Labute approximate surface area is 153 Å². The summed E-state index contributed by atoms with van der Waals surface area (Å²) in [4.78, 5) is 24.8. The normalized spacial score (nSPS) is 13.0. The van der Waals surface area contributed by atoms with Gasteiger partial charge in [-0.3, -0.25) is 9.59 Å². The van der Waals surface area contributed by atoms with E-state index in [9.17, 15) is 9.59 Å². The van der Waals surface area contributed by atoms with Crippen molar-refractivity contribution in [3.05, 3.63) is 64.7 Å². The summed E-state index contributed by atoms with van der Waals surface area (Å²) in [7, 11) is 0. The first kappa shape index (κ1) is 19.0. The Balaban J connectivity index is 2.14. The van der Waals surface area contributed by atoms with Crippen molar-refractivity contribution in [2.45, 2.75) is 39.2 Å². The van der Waals surface area contributed by atoms with Crippen LogP contribution >= 0.6 is 11.6 Å². The first-order valence-electron chi connectivity index (χ1n) is 8.38. The zero-order valence-corrected chi connectivity index (χ0v) is 15.4. The van der Waals surface area contributed by atoms with Gasteiger partial charge in [-0.25, -0.2) is 0 Å². The van der Waals surface area contributed by atoms with Gasteiger partial charge in [-0.05, 0) is 44.0 Å². The van der Waals surface area contributed by atoms with Crippen LogP contribution in [-0.2, 0) is 4.79 Å². The Bertz CT molecular complexity index is 747. The minimum atomic E-state index is -0.297. The molecular weight excluding hydrogens is 336 g/mol. The molecule has 0 aromatic heterocycles. The van der Waals surface area contributed by atoms with Crippen molar-refractivity contribution in [3.63, 3.8) is 0 Å². The Morgan fingerprint density at radius 1 is 1.08 bits per heavy atom. The SMILES string of the molecule is CC[C@H](C)NC(=O)c1cc(NC(=O)[C@@H](C)c2ccccc2)ccc1Cl. The van der Waals surface area contributed by atoms with Gasteiger partial charge in [0, 0.05) is 11.7 Å². The molecule has 0 aliphatic heterocycles. The quantitative estimate of drug-likeness (QED) is 0.792. The molecule has 2 N–H and O–H groups in total. The third-order valence-corrected chi connectivity index (χ3v) is 4.49. The second kappa shape index (κ2) is 8.67. The lowest BCUT2D eigenvalue weighted by Gasteiger charge is -2.15. The summed E-state index contributed by atoms with van der Waals surface area (Å²) in [5.74, 6) is -0.678. The van der Waals surface area contributed by atoms with Crippen LogP contribution in [0.4, 0.5) is 5.69 Å². The number of halogens is 1. The van der Waals surface area contributed by atoms with Crippen LogP contribution in [0, 0.1) is 0 Å². The smallest absolute Gasteiger partial charge is 0.253 e. The van der Waals surface area contributed by atoms with Gasteiger partial charge in [0.15, 0.2) is 0 Å². The number of carbonyl (C=O) groups is 2. The molecule has 2 atom stereocenters. The third kappa shape index (κ3) is 5.07. The second-order valence-electron chi connectivity index (χ2n) is 6.10. The number of carbonyl (C=O) groups excluding carboxylic acids is 2. The van der Waals surface area contributed by atoms with Crippen molar-refractivity contribution in [1.29, 1.82) is 0 Å². The van der Waals surface area contributed by atoms with E-state index < -0.39 is 0 Å². The molecule has 2 rings (SSSR count). The molecule has 2 amide bonds. The molecule has 0 spiro atoms. The highest BCUT2D eigenvalue weighted by Gasteiger charge is 2.17. The van der Waals surface area contributed by atoms with E-state index in [1.807, 2.05) is 51.1 Å². The van der Waals surface area contributed by atoms with Crippen molar-refractivity contribution >= 4 is 29.1 Å². The van der Waals surface area contributed by atoms with Crippen LogP contribution in [0.5, 0.6) is 0 Å². The first-order valence-corrected chi connectivity index (χ1v) is 8.76. The van der Waals surface area contributed by atoms with Crippen LogP contribution in [0.3, 0.4) is 0 Å². The van der Waals surface area contributed by atoms with Gasteiger partial charge in [-0.2, -0.15) is 0 Å². The summed E-state index contributed by atoms with van der Waals surface area (Å²) in [6.45, 7) is 5.77. The van der Waals surface area contributed by atoms with Gasteiger partial charge in [0.25, 0.3) is 5.91 Å². The highest BCUT2D eigenvalue weighted by Crippen LogP contribution is 2.23. The fraction of sp³-hybridized carbons (Fsp3) is 0.300. The molecule has 0 saturated heterocycles. The fourth-order valence-electron chi connectivity index (χ4n) is 2.32. The molecule has 0 radical (unpaired) electrons. The zero-order chi connectivity index (χ0) is 18.4. The summed E-state index contributed by atoms with van der Waals surface area (Å²) >= 11 is 6.14. The molecule has 0 aliphatic rings. The van der Waals surface area contributed by atoms with Gasteiger partial charge in [0.2, 0.25) is 5.91 Å². The highest BCUT2D eigenvalue weighted by molar-refractivity contribution is 6.34. The van der Waals surface area contributed by atoms with Gasteiger partial charge >= 0.3 is 0 Å². The van der Waals surface area contributed by atoms with E-state index >= 15 is 0 Å². The Morgan fingerprint density at radius 3 is 2.40 bits per heavy atom. The highest BCUT2D eigenvalue weighted by atomic mass is 35.5. The molecule has 0 aliphatic carbocycles. The van der Waals surface area contributed by atoms with E-state index in [1.165, 1.54) is 0 Å². The molecule has 0 heterocycles. The van der Waals surface area contributed by atoms with E-state index in [1.54, 1.807) is 18.2 Å². The minimum absolute atomic E-state index is 0.0555. The van der Waals surface area contributed by atoms with Crippen molar-refractivity contribution in [1.82, 2.24) is 5.32 Å². The van der Waals surface area contributed by atoms with Crippen LogP contribution in [0.25, 0.3) is 0 Å². The van der Waals surface area contributed by atoms with Gasteiger partial charge in [0.05, 0.1) is 16.5 Å². The molecule has 0 fully saturated rings. The van der Waals surface area contributed by atoms with Crippen LogP contribution < -0.4 is 10.6 Å².